The first-order chi connectivity index (χ1) is 16.5. The van der Waals surface area contributed by atoms with Gasteiger partial charge in [-0.2, -0.15) is 0 Å². The molecule has 7 heteroatoms. The molecule has 0 radical (unpaired) electrons. The number of carbonyl (C=O) groups excluding carboxylic acids is 1. The molecule has 4 N–H and O–H groups in total. The van der Waals surface area contributed by atoms with Gasteiger partial charge >= 0.3 is 6.03 Å². The van der Waals surface area contributed by atoms with Crippen molar-refractivity contribution in [1.29, 1.82) is 0 Å². The highest BCUT2D eigenvalue weighted by Gasteiger charge is 2.17. The highest BCUT2D eigenvalue weighted by Crippen LogP contribution is 2.33. The molecular weight excluding hydrogens is 426 g/mol. The van der Waals surface area contributed by atoms with Crippen molar-refractivity contribution in [3.63, 3.8) is 0 Å². The lowest BCUT2D eigenvalue weighted by Crippen LogP contribution is -2.47. The summed E-state index contributed by atoms with van der Waals surface area (Å²) < 4.78 is 0. The van der Waals surface area contributed by atoms with Gasteiger partial charge in [0.15, 0.2) is 0 Å². The zero-order chi connectivity index (χ0) is 23.9. The molecule has 0 atom stereocenters. The van der Waals surface area contributed by atoms with Crippen LogP contribution in [0.5, 0.6) is 5.75 Å². The van der Waals surface area contributed by atoms with Gasteiger partial charge in [0.25, 0.3) is 0 Å². The summed E-state index contributed by atoms with van der Waals surface area (Å²) in [5.41, 5.74) is 4.89. The minimum Gasteiger partial charge on any atom is -0.508 e. The molecule has 7 nitrogen and oxygen atoms in total. The van der Waals surface area contributed by atoms with E-state index in [0.717, 1.165) is 85.3 Å². The van der Waals surface area contributed by atoms with Crippen LogP contribution in [-0.4, -0.2) is 72.2 Å². The smallest absolute Gasteiger partial charge is 0.319 e. The molecule has 1 aromatic heterocycles. The van der Waals surface area contributed by atoms with Crippen LogP contribution < -0.4 is 10.6 Å². The van der Waals surface area contributed by atoms with Gasteiger partial charge in [-0.25, -0.2) is 4.79 Å². The molecule has 34 heavy (non-hydrogen) atoms. The van der Waals surface area contributed by atoms with Crippen LogP contribution in [0.25, 0.3) is 10.9 Å². The fourth-order valence-corrected chi connectivity index (χ4v) is 4.67. The normalized spacial score (nSPS) is 15.0. The van der Waals surface area contributed by atoms with Gasteiger partial charge < -0.3 is 25.6 Å². The minimum atomic E-state index is -0.199. The number of hydrogen-bond acceptors (Lipinski definition) is 4. The van der Waals surface area contributed by atoms with Crippen LogP contribution in [0.4, 0.5) is 10.5 Å². The van der Waals surface area contributed by atoms with Crippen molar-refractivity contribution in [2.45, 2.75) is 32.6 Å². The Morgan fingerprint density at radius 2 is 1.88 bits per heavy atom. The monoisotopic (exact) mass is 463 g/mol. The molecule has 2 amide bonds. The summed E-state index contributed by atoms with van der Waals surface area (Å²) in [7, 11) is 2.14. The number of phenols is 1. The molecule has 1 fully saturated rings. The van der Waals surface area contributed by atoms with Crippen molar-refractivity contribution in [1.82, 2.24) is 20.1 Å². The number of piperazine rings is 1. The summed E-state index contributed by atoms with van der Waals surface area (Å²) in [6.07, 6.45) is 5.46. The summed E-state index contributed by atoms with van der Waals surface area (Å²) in [4.78, 5) is 20.7. The lowest BCUT2D eigenvalue weighted by atomic mass is 9.93. The Balaban J connectivity index is 1.46. The average molecular weight is 464 g/mol. The number of unbranched alkanes of at least 4 members (excludes halogenated alkanes) is 1. The first kappa shape index (κ1) is 24.1. The zero-order valence-electron chi connectivity index (χ0n) is 20.4. The number of amides is 2. The van der Waals surface area contributed by atoms with Crippen molar-refractivity contribution in [3.8, 4) is 5.75 Å². The Bertz CT molecular complexity index is 1100. The summed E-state index contributed by atoms with van der Waals surface area (Å²) >= 11 is 0. The van der Waals surface area contributed by atoms with E-state index in [9.17, 15) is 9.90 Å². The number of aromatic hydroxyl groups is 1. The number of nitrogens with zero attached hydrogens (tertiary/aromatic N) is 2. The van der Waals surface area contributed by atoms with Crippen molar-refractivity contribution in [3.05, 3.63) is 59.3 Å². The molecule has 0 unspecified atom stereocenters. The quantitative estimate of drug-likeness (QED) is 0.359. The lowest BCUT2D eigenvalue weighted by Gasteiger charge is -2.32. The number of fused-ring (bicyclic) bond motifs is 1. The van der Waals surface area contributed by atoms with E-state index in [1.807, 2.05) is 24.4 Å². The van der Waals surface area contributed by atoms with Crippen LogP contribution in [-0.2, 0) is 12.8 Å². The lowest BCUT2D eigenvalue weighted by molar-refractivity contribution is 0.155. The van der Waals surface area contributed by atoms with Gasteiger partial charge in [-0.15, -0.1) is 0 Å². The zero-order valence-corrected chi connectivity index (χ0v) is 20.4. The number of likely N-dealkylation sites (N-methyl/N-ethyl adjacent to an activating group) is 1. The Morgan fingerprint density at radius 1 is 1.09 bits per heavy atom. The van der Waals surface area contributed by atoms with Gasteiger partial charge in [-0.3, -0.25) is 4.90 Å². The number of aromatic amines is 1. The third-order valence-electron chi connectivity index (χ3n) is 6.79. The number of phenolic OH excluding ortho intramolecular Hbond substituents is 1. The first-order valence-electron chi connectivity index (χ1n) is 12.4. The van der Waals surface area contributed by atoms with Crippen molar-refractivity contribution < 1.29 is 9.90 Å². The van der Waals surface area contributed by atoms with Crippen LogP contribution in [0.3, 0.4) is 0 Å². The van der Waals surface area contributed by atoms with Crippen LogP contribution in [0.15, 0.2) is 42.6 Å². The number of para-hydroxylation sites is 1. The van der Waals surface area contributed by atoms with E-state index >= 15 is 0 Å². The predicted molar refractivity (Wildman–Crippen MR) is 139 cm³/mol. The van der Waals surface area contributed by atoms with E-state index in [2.05, 4.69) is 51.5 Å². The molecular formula is C27H37N5O2. The molecule has 0 saturated carbocycles. The molecule has 0 spiro atoms. The number of anilines is 1. The Morgan fingerprint density at radius 3 is 2.68 bits per heavy atom. The summed E-state index contributed by atoms with van der Waals surface area (Å²) in [5, 5.41) is 18.0. The van der Waals surface area contributed by atoms with Crippen LogP contribution >= 0.6 is 0 Å². The second kappa shape index (κ2) is 11.4. The number of carbonyl (C=O) groups is 1. The number of hydrogen-bond donors (Lipinski definition) is 4. The molecule has 0 aliphatic carbocycles. The van der Waals surface area contributed by atoms with Crippen molar-refractivity contribution in [2.75, 3.05) is 51.6 Å². The number of nitrogens with one attached hydrogen (secondary N) is 3. The van der Waals surface area contributed by atoms with Crippen molar-refractivity contribution >= 4 is 22.6 Å². The fourth-order valence-electron chi connectivity index (χ4n) is 4.67. The standard InChI is InChI=1S/C27H37N5O2/c1-3-4-7-22-23(18-20-19-29-24-9-6-5-8-21(20)24)26(33)11-10-25(22)30-27(34)28-12-13-32-16-14-31(2)15-17-32/h5-6,8-11,19,29,33H,3-4,7,12-18H2,1-2H3,(H2,28,30,34). The number of H-pyrrole nitrogens is 1. The topological polar surface area (TPSA) is 83.6 Å². The van der Waals surface area contributed by atoms with E-state index in [1.165, 1.54) is 0 Å². The van der Waals surface area contributed by atoms with Crippen LogP contribution in [0, 0.1) is 0 Å². The second-order valence-corrected chi connectivity index (χ2v) is 9.26. The maximum Gasteiger partial charge on any atom is 0.319 e. The van der Waals surface area contributed by atoms with Gasteiger partial charge in [0.05, 0.1) is 0 Å². The fraction of sp³-hybridized carbons (Fsp3) is 0.444. The van der Waals surface area contributed by atoms with Crippen molar-refractivity contribution in [2.24, 2.45) is 0 Å². The third kappa shape index (κ3) is 5.90. The summed E-state index contributed by atoms with van der Waals surface area (Å²) in [5.74, 6) is 0.275. The molecule has 3 aromatic rings. The highest BCUT2D eigenvalue weighted by molar-refractivity contribution is 5.91. The Hall–Kier alpha value is -3.03. The summed E-state index contributed by atoms with van der Waals surface area (Å²) in [6.45, 7) is 7.83. The number of urea groups is 1. The molecule has 2 heterocycles. The summed E-state index contributed by atoms with van der Waals surface area (Å²) in [6, 6.07) is 11.5. The van der Waals surface area contributed by atoms with Gasteiger partial charge in [0, 0.05) is 74.0 Å². The maximum atomic E-state index is 12.7. The first-order valence-corrected chi connectivity index (χ1v) is 12.4. The van der Waals surface area contributed by atoms with E-state index in [4.69, 9.17) is 0 Å². The number of rotatable bonds is 9. The predicted octanol–water partition coefficient (Wildman–Crippen LogP) is 4.18. The molecule has 2 aromatic carbocycles. The van der Waals surface area contributed by atoms with Crippen LogP contribution in [0.1, 0.15) is 36.5 Å². The van der Waals surface area contributed by atoms with Gasteiger partial charge in [0.2, 0.25) is 0 Å². The minimum absolute atomic E-state index is 0.199. The van der Waals surface area contributed by atoms with E-state index in [0.29, 0.717) is 13.0 Å². The Kier molecular flexibility index (Phi) is 8.08. The largest absolute Gasteiger partial charge is 0.508 e. The SMILES string of the molecule is CCCCc1c(NC(=O)NCCN2CCN(C)CC2)ccc(O)c1Cc1c[nH]c2ccccc12. The molecule has 0 bridgehead atoms. The molecule has 182 valence electrons. The second-order valence-electron chi connectivity index (χ2n) is 9.26. The Labute approximate surface area is 202 Å². The van der Waals surface area contributed by atoms with E-state index in [-0.39, 0.29) is 11.8 Å². The average Bonchev–Trinajstić information content (AvgIpc) is 3.25. The number of benzene rings is 2. The van der Waals surface area contributed by atoms with Gasteiger partial charge in [-0.05, 0) is 49.2 Å². The molecule has 1 aliphatic rings. The van der Waals surface area contributed by atoms with Crippen LogP contribution in [0.2, 0.25) is 0 Å². The third-order valence-corrected chi connectivity index (χ3v) is 6.79. The number of aromatic nitrogens is 1. The highest BCUT2D eigenvalue weighted by atomic mass is 16.3. The maximum absolute atomic E-state index is 12.7. The van der Waals surface area contributed by atoms with Gasteiger partial charge in [-0.1, -0.05) is 31.5 Å². The van der Waals surface area contributed by atoms with E-state index < -0.39 is 0 Å². The van der Waals surface area contributed by atoms with E-state index in [1.54, 1.807) is 6.07 Å². The van der Waals surface area contributed by atoms with Gasteiger partial charge in [0.1, 0.15) is 5.75 Å². The molecule has 1 aliphatic heterocycles. The molecule has 1 saturated heterocycles. The molecule has 4 rings (SSSR count).